The fraction of sp³-hybridized carbons (Fsp3) is 0.632. The summed E-state index contributed by atoms with van der Waals surface area (Å²) in [5, 5.41) is 9.18. The van der Waals surface area contributed by atoms with Crippen LogP contribution in [-0.4, -0.2) is 65.0 Å². The van der Waals surface area contributed by atoms with Gasteiger partial charge in [0.05, 0.1) is 0 Å². The van der Waals surface area contributed by atoms with Crippen molar-refractivity contribution in [3.8, 4) is 0 Å². The fourth-order valence-electron chi connectivity index (χ4n) is 3.93. The molecule has 3 rings (SSSR count). The molecule has 0 aromatic carbocycles. The molecule has 28 heavy (non-hydrogen) atoms. The van der Waals surface area contributed by atoms with Crippen molar-refractivity contribution in [2.75, 3.05) is 37.6 Å². The summed E-state index contributed by atoms with van der Waals surface area (Å²) in [4.78, 5) is 32.4. The van der Waals surface area contributed by atoms with E-state index in [0.717, 1.165) is 32.7 Å². The predicted octanol–water partition coefficient (Wildman–Crippen LogP) is 1.98. The fourth-order valence-corrected chi connectivity index (χ4v) is 3.93. The van der Waals surface area contributed by atoms with Gasteiger partial charge in [0.15, 0.2) is 0 Å². The van der Waals surface area contributed by atoms with Gasteiger partial charge in [-0.05, 0) is 37.8 Å². The lowest BCUT2D eigenvalue weighted by atomic mass is 9.75. The minimum absolute atomic E-state index is 0. The zero-order chi connectivity index (χ0) is 18.6. The SMILES string of the molecule is Cl.Cl.NC1(C(=O)O)CCC(C(=O)CCN2CCN(c3ccncc3)CC2)CC1. The van der Waals surface area contributed by atoms with Crippen LogP contribution in [0.2, 0.25) is 0 Å². The molecule has 1 aliphatic heterocycles. The number of ketones is 1. The summed E-state index contributed by atoms with van der Waals surface area (Å²) in [6.07, 6.45) is 6.14. The van der Waals surface area contributed by atoms with Crippen LogP contribution in [-0.2, 0) is 9.59 Å². The third-order valence-electron chi connectivity index (χ3n) is 5.83. The van der Waals surface area contributed by atoms with Crippen molar-refractivity contribution in [1.29, 1.82) is 0 Å². The number of halogens is 2. The summed E-state index contributed by atoms with van der Waals surface area (Å²) >= 11 is 0. The van der Waals surface area contributed by atoms with E-state index in [1.54, 1.807) is 0 Å². The lowest BCUT2D eigenvalue weighted by molar-refractivity contribution is -0.145. The van der Waals surface area contributed by atoms with Gasteiger partial charge in [-0.3, -0.25) is 19.5 Å². The highest BCUT2D eigenvalue weighted by atomic mass is 35.5. The Balaban J connectivity index is 0.00000196. The van der Waals surface area contributed by atoms with Crippen LogP contribution in [0.1, 0.15) is 32.1 Å². The van der Waals surface area contributed by atoms with Crippen LogP contribution < -0.4 is 10.6 Å². The number of nitrogens with two attached hydrogens (primary N) is 1. The molecular formula is C19H30Cl2N4O3. The highest BCUT2D eigenvalue weighted by Crippen LogP contribution is 2.31. The maximum Gasteiger partial charge on any atom is 0.323 e. The number of carboxylic acid groups (broad SMARTS) is 1. The Morgan fingerprint density at radius 3 is 2.21 bits per heavy atom. The number of hydrogen-bond donors (Lipinski definition) is 2. The first-order valence-corrected chi connectivity index (χ1v) is 9.40. The summed E-state index contributed by atoms with van der Waals surface area (Å²) in [6.45, 7) is 4.59. The maximum atomic E-state index is 12.5. The molecule has 2 heterocycles. The molecule has 1 aliphatic carbocycles. The van der Waals surface area contributed by atoms with Crippen molar-refractivity contribution in [3.63, 3.8) is 0 Å². The first kappa shape index (κ1) is 24.6. The quantitative estimate of drug-likeness (QED) is 0.708. The molecule has 1 saturated carbocycles. The second-order valence-electron chi connectivity index (χ2n) is 7.49. The van der Waals surface area contributed by atoms with Crippen molar-refractivity contribution in [2.24, 2.45) is 11.7 Å². The number of carboxylic acids is 1. The van der Waals surface area contributed by atoms with Gasteiger partial charge in [0.25, 0.3) is 0 Å². The molecule has 2 fully saturated rings. The van der Waals surface area contributed by atoms with Crippen LogP contribution in [0.25, 0.3) is 0 Å². The number of aromatic nitrogens is 1. The van der Waals surface area contributed by atoms with Crippen LogP contribution >= 0.6 is 24.8 Å². The van der Waals surface area contributed by atoms with Crippen molar-refractivity contribution in [3.05, 3.63) is 24.5 Å². The molecule has 0 atom stereocenters. The second-order valence-corrected chi connectivity index (χ2v) is 7.49. The molecule has 9 heteroatoms. The van der Waals surface area contributed by atoms with E-state index in [2.05, 4.69) is 14.8 Å². The van der Waals surface area contributed by atoms with E-state index in [-0.39, 0.29) is 36.5 Å². The highest BCUT2D eigenvalue weighted by Gasteiger charge is 2.39. The molecular weight excluding hydrogens is 403 g/mol. The largest absolute Gasteiger partial charge is 0.480 e. The minimum Gasteiger partial charge on any atom is -0.480 e. The van der Waals surface area contributed by atoms with E-state index in [0.29, 0.717) is 32.1 Å². The summed E-state index contributed by atoms with van der Waals surface area (Å²) in [5.74, 6) is -0.714. The van der Waals surface area contributed by atoms with Crippen molar-refractivity contribution < 1.29 is 14.7 Å². The molecule has 3 N–H and O–H groups in total. The molecule has 0 amide bonds. The standard InChI is InChI=1S/C19H28N4O3.2ClH/c20-19(18(25)26)6-1-15(2-7-19)17(24)5-10-22-11-13-23(14-12-22)16-3-8-21-9-4-16;;/h3-4,8-9,15H,1-2,5-7,10-14,20H2,(H,25,26);2*1H. The second kappa shape index (κ2) is 11.0. The zero-order valence-corrected chi connectivity index (χ0v) is 17.6. The molecule has 0 spiro atoms. The van der Waals surface area contributed by atoms with Gasteiger partial charge in [-0.15, -0.1) is 24.8 Å². The predicted molar refractivity (Wildman–Crippen MR) is 114 cm³/mol. The van der Waals surface area contributed by atoms with E-state index in [1.807, 2.05) is 24.5 Å². The van der Waals surface area contributed by atoms with Gasteiger partial charge in [0.2, 0.25) is 0 Å². The van der Waals surface area contributed by atoms with Crippen molar-refractivity contribution >= 4 is 42.3 Å². The Bertz CT molecular complexity index is 631. The lowest BCUT2D eigenvalue weighted by Crippen LogP contribution is -2.51. The van der Waals surface area contributed by atoms with Gasteiger partial charge >= 0.3 is 5.97 Å². The Labute approximate surface area is 178 Å². The summed E-state index contributed by atoms with van der Waals surface area (Å²) in [6, 6.07) is 4.05. The molecule has 1 saturated heterocycles. The molecule has 7 nitrogen and oxygen atoms in total. The van der Waals surface area contributed by atoms with Crippen LogP contribution in [0.5, 0.6) is 0 Å². The number of aliphatic carboxylic acids is 1. The first-order valence-electron chi connectivity index (χ1n) is 9.40. The molecule has 158 valence electrons. The Morgan fingerprint density at radius 1 is 1.11 bits per heavy atom. The summed E-state index contributed by atoms with van der Waals surface area (Å²) in [7, 11) is 0. The number of hydrogen-bond acceptors (Lipinski definition) is 6. The average molecular weight is 433 g/mol. The molecule has 1 aromatic rings. The van der Waals surface area contributed by atoms with Gasteiger partial charge in [-0.1, -0.05) is 0 Å². The van der Waals surface area contributed by atoms with Gasteiger partial charge in [-0.25, -0.2) is 0 Å². The number of anilines is 1. The molecule has 1 aromatic heterocycles. The smallest absolute Gasteiger partial charge is 0.323 e. The highest BCUT2D eigenvalue weighted by molar-refractivity contribution is 5.85. The first-order chi connectivity index (χ1) is 12.5. The van der Waals surface area contributed by atoms with E-state index in [1.165, 1.54) is 5.69 Å². The van der Waals surface area contributed by atoms with Crippen LogP contribution in [0.4, 0.5) is 5.69 Å². The third-order valence-corrected chi connectivity index (χ3v) is 5.83. The molecule has 0 radical (unpaired) electrons. The third kappa shape index (κ3) is 6.04. The number of nitrogens with zero attached hydrogens (tertiary/aromatic N) is 3. The van der Waals surface area contributed by atoms with Crippen molar-refractivity contribution in [2.45, 2.75) is 37.6 Å². The Hall–Kier alpha value is -1.41. The van der Waals surface area contributed by atoms with Gasteiger partial charge in [0.1, 0.15) is 11.3 Å². The number of rotatable bonds is 6. The van der Waals surface area contributed by atoms with Gasteiger partial charge < -0.3 is 15.7 Å². The van der Waals surface area contributed by atoms with Gasteiger partial charge in [0, 0.05) is 63.1 Å². The number of Topliss-reactive ketones (excluding diaryl/α,β-unsaturated/α-hetero) is 1. The van der Waals surface area contributed by atoms with E-state index >= 15 is 0 Å². The number of piperazine rings is 1. The number of carbonyl (C=O) groups excluding carboxylic acids is 1. The zero-order valence-electron chi connectivity index (χ0n) is 16.0. The molecule has 0 unspecified atom stereocenters. The van der Waals surface area contributed by atoms with Crippen LogP contribution in [0.15, 0.2) is 24.5 Å². The van der Waals surface area contributed by atoms with Crippen LogP contribution in [0, 0.1) is 5.92 Å². The molecule has 2 aliphatic rings. The van der Waals surface area contributed by atoms with E-state index in [4.69, 9.17) is 5.73 Å². The number of pyridine rings is 1. The summed E-state index contributed by atoms with van der Waals surface area (Å²) in [5.41, 5.74) is 5.95. The monoisotopic (exact) mass is 432 g/mol. The lowest BCUT2D eigenvalue weighted by Gasteiger charge is -2.36. The maximum absolute atomic E-state index is 12.5. The van der Waals surface area contributed by atoms with E-state index in [9.17, 15) is 14.7 Å². The Kier molecular flexibility index (Phi) is 9.63. The van der Waals surface area contributed by atoms with Crippen LogP contribution in [0.3, 0.4) is 0 Å². The van der Waals surface area contributed by atoms with Crippen molar-refractivity contribution in [1.82, 2.24) is 9.88 Å². The molecule has 0 bridgehead atoms. The number of carbonyl (C=O) groups is 2. The minimum atomic E-state index is -1.14. The normalized spacial score (nSPS) is 25.3. The Morgan fingerprint density at radius 2 is 1.68 bits per heavy atom. The van der Waals surface area contributed by atoms with Gasteiger partial charge in [-0.2, -0.15) is 0 Å². The average Bonchev–Trinajstić information content (AvgIpc) is 2.67. The van der Waals surface area contributed by atoms with E-state index < -0.39 is 11.5 Å². The topological polar surface area (TPSA) is 99.8 Å². The summed E-state index contributed by atoms with van der Waals surface area (Å²) < 4.78 is 0.